The largest absolute Gasteiger partial charge is 0.272 e. The second-order valence-electron chi connectivity index (χ2n) is 5.16. The molecule has 0 N–H and O–H groups in total. The number of aromatic nitrogens is 1. The number of amides is 1. The smallest absolute Gasteiger partial charge is 0.253 e. The molecule has 0 saturated heterocycles. The number of carbonyl (C=O) groups is 1. The van der Waals surface area contributed by atoms with E-state index in [1.54, 1.807) is 12.4 Å². The number of pyridine rings is 1. The van der Waals surface area contributed by atoms with Gasteiger partial charge in [-0.1, -0.05) is 30.3 Å². The Balaban J connectivity index is 2.06. The molecule has 3 heteroatoms. The van der Waals surface area contributed by atoms with Crippen LogP contribution in [-0.2, 0) is 4.79 Å². The van der Waals surface area contributed by atoms with Crippen LogP contribution in [0.4, 0.5) is 0 Å². The SMILES string of the molecule is CC1=NC(=O)C(c2ccccc2)C(c2ccncc2)C1. The fraction of sp³-hybridized carbons (Fsp3) is 0.235. The van der Waals surface area contributed by atoms with Crippen LogP contribution in [-0.4, -0.2) is 16.6 Å². The van der Waals surface area contributed by atoms with E-state index in [9.17, 15) is 4.79 Å². The van der Waals surface area contributed by atoms with Gasteiger partial charge >= 0.3 is 0 Å². The standard InChI is InChI=1S/C17H16N2O/c1-12-11-15(13-7-9-18-10-8-13)16(17(20)19-12)14-5-3-2-4-6-14/h2-10,15-16H,11H2,1H3. The van der Waals surface area contributed by atoms with Gasteiger partial charge in [0.15, 0.2) is 0 Å². The lowest BCUT2D eigenvalue weighted by Gasteiger charge is -2.29. The van der Waals surface area contributed by atoms with E-state index in [2.05, 4.69) is 9.98 Å². The van der Waals surface area contributed by atoms with Gasteiger partial charge in [-0.15, -0.1) is 0 Å². The van der Waals surface area contributed by atoms with Crippen LogP contribution in [0.5, 0.6) is 0 Å². The summed E-state index contributed by atoms with van der Waals surface area (Å²) < 4.78 is 0. The number of hydrogen-bond acceptors (Lipinski definition) is 2. The van der Waals surface area contributed by atoms with E-state index in [1.807, 2.05) is 49.4 Å². The Labute approximate surface area is 118 Å². The summed E-state index contributed by atoms with van der Waals surface area (Å²) in [5.41, 5.74) is 3.09. The second kappa shape index (κ2) is 5.37. The van der Waals surface area contributed by atoms with Crippen LogP contribution in [0.1, 0.15) is 36.3 Å². The molecule has 0 bridgehead atoms. The molecular formula is C17H16N2O. The number of hydrogen-bond donors (Lipinski definition) is 0. The first kappa shape index (κ1) is 12.7. The van der Waals surface area contributed by atoms with Gasteiger partial charge in [-0.25, -0.2) is 4.99 Å². The molecule has 3 rings (SSSR count). The minimum absolute atomic E-state index is 0.0400. The van der Waals surface area contributed by atoms with Crippen molar-refractivity contribution in [2.75, 3.05) is 0 Å². The Hall–Kier alpha value is -2.29. The van der Waals surface area contributed by atoms with Crippen LogP contribution in [0, 0.1) is 0 Å². The first-order chi connectivity index (χ1) is 9.75. The number of carbonyl (C=O) groups excluding carboxylic acids is 1. The van der Waals surface area contributed by atoms with Crippen LogP contribution in [0.15, 0.2) is 59.9 Å². The van der Waals surface area contributed by atoms with Gasteiger partial charge in [0.2, 0.25) is 0 Å². The van der Waals surface area contributed by atoms with Crippen molar-refractivity contribution in [2.45, 2.75) is 25.2 Å². The molecule has 20 heavy (non-hydrogen) atoms. The summed E-state index contributed by atoms with van der Waals surface area (Å²) >= 11 is 0. The van der Waals surface area contributed by atoms with Crippen LogP contribution >= 0.6 is 0 Å². The molecule has 0 saturated carbocycles. The molecular weight excluding hydrogens is 248 g/mol. The fourth-order valence-electron chi connectivity index (χ4n) is 2.87. The third-order valence-electron chi connectivity index (χ3n) is 3.78. The number of aliphatic imine (C=N–C) groups is 1. The molecule has 0 radical (unpaired) electrons. The summed E-state index contributed by atoms with van der Waals surface area (Å²) in [5, 5.41) is 0. The number of nitrogens with zero attached hydrogens (tertiary/aromatic N) is 2. The molecule has 1 aliphatic rings. The molecule has 1 aromatic heterocycles. The number of benzene rings is 1. The summed E-state index contributed by atoms with van der Waals surface area (Å²) in [6.07, 6.45) is 4.38. The third-order valence-corrected chi connectivity index (χ3v) is 3.78. The Bertz CT molecular complexity index is 635. The highest BCUT2D eigenvalue weighted by Crippen LogP contribution is 2.39. The van der Waals surface area contributed by atoms with Gasteiger partial charge in [-0.3, -0.25) is 9.78 Å². The van der Waals surface area contributed by atoms with Crippen molar-refractivity contribution < 1.29 is 4.79 Å². The average Bonchev–Trinajstić information content (AvgIpc) is 2.48. The first-order valence-corrected chi connectivity index (χ1v) is 6.78. The van der Waals surface area contributed by atoms with E-state index in [0.29, 0.717) is 0 Å². The molecule has 2 unspecified atom stereocenters. The molecule has 1 amide bonds. The topological polar surface area (TPSA) is 42.3 Å². The average molecular weight is 264 g/mol. The zero-order valence-corrected chi connectivity index (χ0v) is 11.4. The summed E-state index contributed by atoms with van der Waals surface area (Å²) in [6.45, 7) is 1.92. The summed E-state index contributed by atoms with van der Waals surface area (Å²) in [5.74, 6) is -0.0885. The highest BCUT2D eigenvalue weighted by molar-refractivity contribution is 6.01. The third kappa shape index (κ3) is 2.39. The zero-order valence-electron chi connectivity index (χ0n) is 11.4. The lowest BCUT2D eigenvalue weighted by atomic mass is 9.76. The Kier molecular flexibility index (Phi) is 3.42. The van der Waals surface area contributed by atoms with E-state index < -0.39 is 0 Å². The summed E-state index contributed by atoms with van der Waals surface area (Å²) in [6, 6.07) is 13.9. The van der Waals surface area contributed by atoms with Crippen LogP contribution in [0.3, 0.4) is 0 Å². The van der Waals surface area contributed by atoms with E-state index in [0.717, 1.165) is 23.3 Å². The molecule has 1 aromatic carbocycles. The zero-order chi connectivity index (χ0) is 13.9. The van der Waals surface area contributed by atoms with Gasteiger partial charge < -0.3 is 0 Å². The monoisotopic (exact) mass is 264 g/mol. The summed E-state index contributed by atoms with van der Waals surface area (Å²) in [7, 11) is 0. The maximum atomic E-state index is 12.4. The normalized spacial score (nSPS) is 22.4. The molecule has 0 spiro atoms. The lowest BCUT2D eigenvalue weighted by molar-refractivity contribution is -0.120. The van der Waals surface area contributed by atoms with Crippen molar-refractivity contribution in [1.29, 1.82) is 0 Å². The molecule has 2 heterocycles. The van der Waals surface area contributed by atoms with Crippen LogP contribution in [0.25, 0.3) is 0 Å². The molecule has 2 atom stereocenters. The Morgan fingerprint density at radius 2 is 1.70 bits per heavy atom. The minimum Gasteiger partial charge on any atom is -0.272 e. The molecule has 100 valence electrons. The Morgan fingerprint density at radius 3 is 2.40 bits per heavy atom. The minimum atomic E-state index is -0.192. The van der Waals surface area contributed by atoms with Gasteiger partial charge in [0, 0.05) is 24.0 Å². The van der Waals surface area contributed by atoms with Crippen molar-refractivity contribution in [1.82, 2.24) is 4.98 Å². The van der Waals surface area contributed by atoms with Crippen molar-refractivity contribution in [3.63, 3.8) is 0 Å². The predicted octanol–water partition coefficient (Wildman–Crippen LogP) is 3.34. The highest BCUT2D eigenvalue weighted by atomic mass is 16.1. The van der Waals surface area contributed by atoms with Crippen molar-refractivity contribution in [3.8, 4) is 0 Å². The van der Waals surface area contributed by atoms with Crippen LogP contribution < -0.4 is 0 Å². The maximum absolute atomic E-state index is 12.4. The lowest BCUT2D eigenvalue weighted by Crippen LogP contribution is -2.26. The van der Waals surface area contributed by atoms with Gasteiger partial charge in [-0.05, 0) is 36.6 Å². The van der Waals surface area contributed by atoms with E-state index in [4.69, 9.17) is 0 Å². The van der Waals surface area contributed by atoms with Gasteiger partial charge in [0.05, 0.1) is 5.92 Å². The summed E-state index contributed by atoms with van der Waals surface area (Å²) in [4.78, 5) is 20.6. The fourth-order valence-corrected chi connectivity index (χ4v) is 2.87. The molecule has 2 aromatic rings. The Morgan fingerprint density at radius 1 is 1.00 bits per heavy atom. The quantitative estimate of drug-likeness (QED) is 0.834. The van der Waals surface area contributed by atoms with E-state index in [1.165, 1.54) is 0 Å². The van der Waals surface area contributed by atoms with E-state index in [-0.39, 0.29) is 17.7 Å². The molecule has 3 nitrogen and oxygen atoms in total. The molecule has 0 fully saturated rings. The first-order valence-electron chi connectivity index (χ1n) is 6.78. The second-order valence-corrected chi connectivity index (χ2v) is 5.16. The maximum Gasteiger partial charge on any atom is 0.253 e. The highest BCUT2D eigenvalue weighted by Gasteiger charge is 2.34. The van der Waals surface area contributed by atoms with Gasteiger partial charge in [-0.2, -0.15) is 0 Å². The van der Waals surface area contributed by atoms with Crippen LogP contribution in [0.2, 0.25) is 0 Å². The number of rotatable bonds is 2. The van der Waals surface area contributed by atoms with Crippen molar-refractivity contribution in [3.05, 3.63) is 66.0 Å². The van der Waals surface area contributed by atoms with Crippen molar-refractivity contribution in [2.24, 2.45) is 4.99 Å². The molecule has 0 aliphatic carbocycles. The van der Waals surface area contributed by atoms with Gasteiger partial charge in [0.25, 0.3) is 5.91 Å². The molecule has 1 aliphatic heterocycles. The predicted molar refractivity (Wildman–Crippen MR) is 78.9 cm³/mol. The van der Waals surface area contributed by atoms with Gasteiger partial charge in [0.1, 0.15) is 0 Å². The van der Waals surface area contributed by atoms with Crippen molar-refractivity contribution >= 4 is 11.6 Å². The van der Waals surface area contributed by atoms with E-state index >= 15 is 0 Å².